The van der Waals surface area contributed by atoms with Crippen molar-refractivity contribution >= 4 is 27.8 Å². The molecule has 0 spiro atoms. The normalized spacial score (nSPS) is 11.9. The van der Waals surface area contributed by atoms with Gasteiger partial charge in [0.05, 0.1) is 5.69 Å². The fraction of sp³-hybridized carbons (Fsp3) is 0.231. The van der Waals surface area contributed by atoms with E-state index in [0.29, 0.717) is 17.7 Å². The van der Waals surface area contributed by atoms with E-state index in [2.05, 4.69) is 17.6 Å². The SMILES string of the molecule is CCCc1ccc(C(=O)N[C@@H](Cc2ccc(NS(=O)(=O)O)cc2)C(=O)NCc2ccccc2)cc1. The predicted molar refractivity (Wildman–Crippen MR) is 135 cm³/mol. The van der Waals surface area contributed by atoms with E-state index in [1.807, 2.05) is 47.2 Å². The molecule has 0 heterocycles. The highest BCUT2D eigenvalue weighted by molar-refractivity contribution is 7.87. The molecule has 0 fully saturated rings. The molecule has 3 aromatic carbocycles. The smallest absolute Gasteiger partial charge is 0.350 e. The minimum Gasteiger partial charge on any atom is -0.350 e. The summed E-state index contributed by atoms with van der Waals surface area (Å²) in [5.74, 6) is -0.706. The molecule has 3 rings (SSSR count). The van der Waals surface area contributed by atoms with Crippen LogP contribution in [-0.2, 0) is 34.5 Å². The van der Waals surface area contributed by atoms with Crippen LogP contribution in [0.3, 0.4) is 0 Å². The molecule has 0 aliphatic carbocycles. The zero-order valence-corrected chi connectivity index (χ0v) is 20.2. The van der Waals surface area contributed by atoms with Crippen molar-refractivity contribution in [3.05, 3.63) is 101 Å². The van der Waals surface area contributed by atoms with Crippen molar-refractivity contribution in [2.45, 2.75) is 38.8 Å². The molecule has 9 heteroatoms. The average molecular weight is 496 g/mol. The first kappa shape index (κ1) is 25.9. The maximum absolute atomic E-state index is 13.0. The minimum atomic E-state index is -4.38. The summed E-state index contributed by atoms with van der Waals surface area (Å²) in [5.41, 5.74) is 3.40. The van der Waals surface area contributed by atoms with Gasteiger partial charge in [0.25, 0.3) is 5.91 Å². The van der Waals surface area contributed by atoms with Gasteiger partial charge < -0.3 is 10.6 Å². The van der Waals surface area contributed by atoms with Gasteiger partial charge in [-0.25, -0.2) is 0 Å². The van der Waals surface area contributed by atoms with Gasteiger partial charge in [-0.05, 0) is 47.4 Å². The summed E-state index contributed by atoms with van der Waals surface area (Å²) >= 11 is 0. The van der Waals surface area contributed by atoms with Crippen LogP contribution < -0.4 is 15.4 Å². The summed E-state index contributed by atoms with van der Waals surface area (Å²) in [6.07, 6.45) is 2.12. The summed E-state index contributed by atoms with van der Waals surface area (Å²) in [4.78, 5) is 25.9. The van der Waals surface area contributed by atoms with Crippen molar-refractivity contribution < 1.29 is 22.6 Å². The second-order valence-electron chi connectivity index (χ2n) is 8.15. The Hall–Kier alpha value is -3.69. The molecule has 184 valence electrons. The van der Waals surface area contributed by atoms with Gasteiger partial charge in [0, 0.05) is 18.5 Å². The number of aryl methyl sites for hydroxylation is 1. The van der Waals surface area contributed by atoms with Crippen molar-refractivity contribution in [3.63, 3.8) is 0 Å². The Labute approximate surface area is 205 Å². The number of hydrogen-bond acceptors (Lipinski definition) is 4. The van der Waals surface area contributed by atoms with Gasteiger partial charge in [0.15, 0.2) is 0 Å². The largest absolute Gasteiger partial charge is 0.357 e. The van der Waals surface area contributed by atoms with Crippen molar-refractivity contribution in [2.24, 2.45) is 0 Å². The van der Waals surface area contributed by atoms with E-state index in [0.717, 1.165) is 24.0 Å². The highest BCUT2D eigenvalue weighted by atomic mass is 32.2. The Bertz CT molecular complexity index is 1230. The lowest BCUT2D eigenvalue weighted by Gasteiger charge is -2.19. The van der Waals surface area contributed by atoms with E-state index in [1.54, 1.807) is 24.3 Å². The van der Waals surface area contributed by atoms with Crippen molar-refractivity contribution in [2.75, 3.05) is 4.72 Å². The summed E-state index contributed by atoms with van der Waals surface area (Å²) in [7, 11) is -4.38. The molecule has 0 radical (unpaired) electrons. The molecule has 8 nitrogen and oxygen atoms in total. The van der Waals surface area contributed by atoms with Crippen LogP contribution in [0.25, 0.3) is 0 Å². The first-order valence-electron chi connectivity index (χ1n) is 11.3. The Balaban J connectivity index is 1.73. The van der Waals surface area contributed by atoms with E-state index >= 15 is 0 Å². The van der Waals surface area contributed by atoms with Crippen molar-refractivity contribution in [1.29, 1.82) is 0 Å². The van der Waals surface area contributed by atoms with Gasteiger partial charge in [-0.3, -0.25) is 18.9 Å². The summed E-state index contributed by atoms with van der Waals surface area (Å²) in [6.45, 7) is 2.40. The van der Waals surface area contributed by atoms with Crippen LogP contribution >= 0.6 is 0 Å². The van der Waals surface area contributed by atoms with Gasteiger partial charge in [-0.15, -0.1) is 0 Å². The molecule has 3 aromatic rings. The molecule has 0 unspecified atom stereocenters. The minimum absolute atomic E-state index is 0.178. The van der Waals surface area contributed by atoms with Crippen LogP contribution in [-0.4, -0.2) is 30.8 Å². The van der Waals surface area contributed by atoms with Crippen LogP contribution in [0.15, 0.2) is 78.9 Å². The molecule has 1 atom stereocenters. The highest BCUT2D eigenvalue weighted by Gasteiger charge is 2.22. The topological polar surface area (TPSA) is 125 Å². The molecule has 0 saturated carbocycles. The average Bonchev–Trinajstić information content (AvgIpc) is 2.83. The third kappa shape index (κ3) is 8.55. The lowest BCUT2D eigenvalue weighted by molar-refractivity contribution is -0.123. The molecule has 0 saturated heterocycles. The maximum Gasteiger partial charge on any atom is 0.357 e. The van der Waals surface area contributed by atoms with Crippen LogP contribution in [0.5, 0.6) is 0 Å². The molecule has 4 N–H and O–H groups in total. The molecule has 0 bridgehead atoms. The van der Waals surface area contributed by atoms with Gasteiger partial charge in [-0.2, -0.15) is 8.42 Å². The monoisotopic (exact) mass is 495 g/mol. The number of hydrogen-bond donors (Lipinski definition) is 4. The third-order valence-electron chi connectivity index (χ3n) is 5.33. The standard InChI is InChI=1S/C26H29N3O5S/c1-2-6-19-9-13-22(14-10-19)25(30)28-24(26(31)27-18-21-7-4-3-5-8-21)17-20-11-15-23(16-12-20)29-35(32,33)34/h3-5,7-16,24,29H,2,6,17-18H2,1H3,(H,27,31)(H,28,30)(H,32,33,34)/t24-/m0/s1. The van der Waals surface area contributed by atoms with Crippen LogP contribution in [0, 0.1) is 0 Å². The number of amides is 2. The fourth-order valence-electron chi connectivity index (χ4n) is 3.56. The van der Waals surface area contributed by atoms with E-state index in [1.165, 1.54) is 12.1 Å². The van der Waals surface area contributed by atoms with Crippen molar-refractivity contribution in [1.82, 2.24) is 10.6 Å². The van der Waals surface area contributed by atoms with Crippen LogP contribution in [0.4, 0.5) is 5.69 Å². The Morgan fingerprint density at radius 1 is 0.857 bits per heavy atom. The number of benzene rings is 3. The van der Waals surface area contributed by atoms with E-state index in [4.69, 9.17) is 4.55 Å². The Morgan fingerprint density at radius 2 is 1.49 bits per heavy atom. The summed E-state index contributed by atoms with van der Waals surface area (Å²) < 4.78 is 32.9. The Kier molecular flexibility index (Phi) is 8.99. The first-order chi connectivity index (χ1) is 16.7. The second-order valence-corrected chi connectivity index (χ2v) is 9.31. The van der Waals surface area contributed by atoms with Gasteiger partial charge >= 0.3 is 10.3 Å². The molecule has 0 aliphatic rings. The lowest BCUT2D eigenvalue weighted by atomic mass is 10.0. The zero-order chi connectivity index (χ0) is 25.3. The molecule has 35 heavy (non-hydrogen) atoms. The third-order valence-corrected chi connectivity index (χ3v) is 5.82. The van der Waals surface area contributed by atoms with E-state index < -0.39 is 16.3 Å². The maximum atomic E-state index is 13.0. The quantitative estimate of drug-likeness (QED) is 0.303. The van der Waals surface area contributed by atoms with Crippen LogP contribution in [0.1, 0.15) is 40.4 Å². The zero-order valence-electron chi connectivity index (χ0n) is 19.4. The molecular formula is C26H29N3O5S. The molecular weight excluding hydrogens is 466 g/mol. The lowest BCUT2D eigenvalue weighted by Crippen LogP contribution is -2.47. The highest BCUT2D eigenvalue weighted by Crippen LogP contribution is 2.13. The van der Waals surface area contributed by atoms with Gasteiger partial charge in [0.1, 0.15) is 6.04 Å². The summed E-state index contributed by atoms with van der Waals surface area (Å²) in [5, 5.41) is 5.69. The fourth-order valence-corrected chi connectivity index (χ4v) is 4.00. The summed E-state index contributed by atoms with van der Waals surface area (Å²) in [6, 6.07) is 22.1. The number of anilines is 1. The van der Waals surface area contributed by atoms with Crippen LogP contribution in [0.2, 0.25) is 0 Å². The van der Waals surface area contributed by atoms with E-state index in [-0.39, 0.29) is 23.9 Å². The second kappa shape index (κ2) is 12.1. The molecule has 2 amide bonds. The van der Waals surface area contributed by atoms with Gasteiger partial charge in [-0.1, -0.05) is 67.9 Å². The predicted octanol–water partition coefficient (Wildman–Crippen LogP) is 3.51. The van der Waals surface area contributed by atoms with Gasteiger partial charge in [0.2, 0.25) is 5.91 Å². The number of rotatable bonds is 11. The van der Waals surface area contributed by atoms with E-state index in [9.17, 15) is 18.0 Å². The number of carbonyl (C=O) groups excluding carboxylic acids is 2. The Morgan fingerprint density at radius 3 is 2.09 bits per heavy atom. The molecule has 0 aliphatic heterocycles. The first-order valence-corrected chi connectivity index (χ1v) is 12.7. The number of nitrogens with one attached hydrogen (secondary N) is 3. The molecule has 0 aromatic heterocycles. The number of carbonyl (C=O) groups is 2. The van der Waals surface area contributed by atoms with Crippen molar-refractivity contribution in [3.8, 4) is 0 Å².